The molecule has 0 spiro atoms. The van der Waals surface area contributed by atoms with Gasteiger partial charge in [0.2, 0.25) is 0 Å². The van der Waals surface area contributed by atoms with Gasteiger partial charge in [-0.15, -0.1) is 0 Å². The number of ether oxygens (including phenoxy) is 2. The van der Waals surface area contributed by atoms with Crippen LogP contribution in [0.5, 0.6) is 5.75 Å². The van der Waals surface area contributed by atoms with Crippen molar-refractivity contribution in [3.05, 3.63) is 54.4 Å². The number of hydrogen-bond donors (Lipinski definition) is 1. The lowest BCUT2D eigenvalue weighted by molar-refractivity contribution is -0.155. The summed E-state index contributed by atoms with van der Waals surface area (Å²) in [4.78, 5) is 35.7. The van der Waals surface area contributed by atoms with Crippen LogP contribution >= 0.6 is 0 Å². The Morgan fingerprint density at radius 1 is 1.12 bits per heavy atom. The van der Waals surface area contributed by atoms with Gasteiger partial charge < -0.3 is 14.0 Å². The van der Waals surface area contributed by atoms with E-state index in [1.807, 2.05) is 6.07 Å². The standard InChI is InChI=1S/C18H20N2O5/c1-3-15(25-13-8-5-4-6-9-13)18(23)24-12-16(21)19-17(22)14-10-7-11-20(14)2/h4-11,15H,3,12H2,1-2H3,(H,19,21,22)/t15-/m1/s1. The third-order valence-electron chi connectivity index (χ3n) is 3.43. The summed E-state index contributed by atoms with van der Waals surface area (Å²) in [5.74, 6) is -1.38. The van der Waals surface area contributed by atoms with Crippen LogP contribution in [-0.4, -0.2) is 35.1 Å². The lowest BCUT2D eigenvalue weighted by atomic mass is 10.2. The topological polar surface area (TPSA) is 86.6 Å². The number of amides is 2. The molecule has 1 N–H and O–H groups in total. The van der Waals surface area contributed by atoms with Crippen molar-refractivity contribution in [2.24, 2.45) is 7.05 Å². The molecule has 132 valence electrons. The van der Waals surface area contributed by atoms with Gasteiger partial charge in [0.15, 0.2) is 12.7 Å². The zero-order valence-corrected chi connectivity index (χ0v) is 14.1. The van der Waals surface area contributed by atoms with Gasteiger partial charge >= 0.3 is 5.97 Å². The minimum absolute atomic E-state index is 0.332. The molecule has 0 unspecified atom stereocenters. The van der Waals surface area contributed by atoms with E-state index in [0.29, 0.717) is 17.9 Å². The van der Waals surface area contributed by atoms with Crippen molar-refractivity contribution in [3.8, 4) is 5.75 Å². The predicted molar refractivity (Wildman–Crippen MR) is 90.0 cm³/mol. The minimum Gasteiger partial charge on any atom is -0.479 e. The minimum atomic E-state index is -0.821. The molecule has 25 heavy (non-hydrogen) atoms. The summed E-state index contributed by atoms with van der Waals surface area (Å²) in [6.07, 6.45) is 1.25. The first-order valence-electron chi connectivity index (χ1n) is 7.85. The van der Waals surface area contributed by atoms with Crippen molar-refractivity contribution >= 4 is 17.8 Å². The average molecular weight is 344 g/mol. The molecule has 2 amide bonds. The smallest absolute Gasteiger partial charge is 0.347 e. The Kier molecular flexibility index (Phi) is 6.33. The fraction of sp³-hybridized carbons (Fsp3) is 0.278. The van der Waals surface area contributed by atoms with E-state index in [-0.39, 0.29) is 0 Å². The van der Waals surface area contributed by atoms with E-state index in [2.05, 4.69) is 5.32 Å². The number of rotatable bonds is 7. The maximum absolute atomic E-state index is 12.0. The Morgan fingerprint density at radius 3 is 2.44 bits per heavy atom. The summed E-state index contributed by atoms with van der Waals surface area (Å²) in [5, 5.41) is 2.17. The summed E-state index contributed by atoms with van der Waals surface area (Å²) in [6, 6.07) is 12.1. The van der Waals surface area contributed by atoms with Gasteiger partial charge in [0.25, 0.3) is 11.8 Å². The van der Waals surface area contributed by atoms with Crippen molar-refractivity contribution in [2.75, 3.05) is 6.61 Å². The lowest BCUT2D eigenvalue weighted by Gasteiger charge is -2.16. The molecule has 0 aliphatic heterocycles. The molecule has 0 aliphatic carbocycles. The maximum Gasteiger partial charge on any atom is 0.347 e. The van der Waals surface area contributed by atoms with Crippen LogP contribution in [0.2, 0.25) is 0 Å². The third-order valence-corrected chi connectivity index (χ3v) is 3.43. The Balaban J connectivity index is 1.82. The molecule has 0 saturated carbocycles. The first kappa shape index (κ1) is 18.3. The van der Waals surface area contributed by atoms with Crippen LogP contribution in [0.25, 0.3) is 0 Å². The second kappa shape index (κ2) is 8.68. The van der Waals surface area contributed by atoms with Crippen LogP contribution in [0.3, 0.4) is 0 Å². The Hall–Kier alpha value is -3.09. The number of benzene rings is 1. The fourth-order valence-corrected chi connectivity index (χ4v) is 2.11. The largest absolute Gasteiger partial charge is 0.479 e. The molecular weight excluding hydrogens is 324 g/mol. The number of aryl methyl sites for hydroxylation is 1. The van der Waals surface area contributed by atoms with E-state index in [4.69, 9.17) is 9.47 Å². The number of carbonyl (C=O) groups is 3. The first-order valence-corrected chi connectivity index (χ1v) is 7.85. The molecule has 0 radical (unpaired) electrons. The van der Waals surface area contributed by atoms with Crippen LogP contribution in [-0.2, 0) is 21.4 Å². The molecule has 1 atom stereocenters. The second-order valence-electron chi connectivity index (χ2n) is 5.32. The van der Waals surface area contributed by atoms with Crippen LogP contribution in [0, 0.1) is 0 Å². The van der Waals surface area contributed by atoms with Crippen molar-refractivity contribution < 1.29 is 23.9 Å². The molecule has 0 saturated heterocycles. The van der Waals surface area contributed by atoms with E-state index in [9.17, 15) is 14.4 Å². The highest BCUT2D eigenvalue weighted by Crippen LogP contribution is 2.13. The molecule has 7 heteroatoms. The molecule has 0 bridgehead atoms. The zero-order chi connectivity index (χ0) is 18.2. The van der Waals surface area contributed by atoms with Gasteiger partial charge in [0.1, 0.15) is 11.4 Å². The predicted octanol–water partition coefficient (Wildman–Crippen LogP) is 1.68. The summed E-state index contributed by atoms with van der Waals surface area (Å²) in [7, 11) is 1.69. The summed E-state index contributed by atoms with van der Waals surface area (Å²) >= 11 is 0. The molecule has 7 nitrogen and oxygen atoms in total. The second-order valence-corrected chi connectivity index (χ2v) is 5.32. The van der Waals surface area contributed by atoms with Gasteiger partial charge in [0, 0.05) is 13.2 Å². The van der Waals surface area contributed by atoms with Crippen molar-refractivity contribution in [1.82, 2.24) is 9.88 Å². The Labute approximate surface area is 145 Å². The van der Waals surface area contributed by atoms with Crippen LogP contribution in [0.15, 0.2) is 48.7 Å². The van der Waals surface area contributed by atoms with Crippen LogP contribution < -0.4 is 10.1 Å². The van der Waals surface area contributed by atoms with E-state index in [1.165, 1.54) is 0 Å². The monoisotopic (exact) mass is 344 g/mol. The molecule has 1 aromatic heterocycles. The Morgan fingerprint density at radius 2 is 1.84 bits per heavy atom. The molecule has 0 aliphatic rings. The normalized spacial score (nSPS) is 11.4. The van der Waals surface area contributed by atoms with Gasteiger partial charge in [-0.05, 0) is 30.7 Å². The Bertz CT molecular complexity index is 739. The average Bonchev–Trinajstić information content (AvgIpc) is 3.04. The third kappa shape index (κ3) is 5.20. The number of esters is 1. The van der Waals surface area contributed by atoms with Crippen molar-refractivity contribution in [2.45, 2.75) is 19.4 Å². The highest BCUT2D eigenvalue weighted by atomic mass is 16.6. The van der Waals surface area contributed by atoms with E-state index >= 15 is 0 Å². The molecule has 2 aromatic rings. The van der Waals surface area contributed by atoms with Crippen LogP contribution in [0.4, 0.5) is 0 Å². The molecule has 0 fully saturated rings. The number of aromatic nitrogens is 1. The van der Waals surface area contributed by atoms with E-state index in [1.54, 1.807) is 61.1 Å². The van der Waals surface area contributed by atoms with Gasteiger partial charge in [0.05, 0.1) is 0 Å². The highest BCUT2D eigenvalue weighted by Gasteiger charge is 2.22. The number of nitrogens with zero attached hydrogens (tertiary/aromatic N) is 1. The SMILES string of the molecule is CC[C@@H](Oc1ccccc1)C(=O)OCC(=O)NC(=O)c1cccn1C. The molecular formula is C18H20N2O5. The lowest BCUT2D eigenvalue weighted by Crippen LogP contribution is -2.37. The molecule has 1 heterocycles. The van der Waals surface area contributed by atoms with Crippen molar-refractivity contribution in [3.63, 3.8) is 0 Å². The number of nitrogens with one attached hydrogen (secondary N) is 1. The molecule has 2 rings (SSSR count). The zero-order valence-electron chi connectivity index (χ0n) is 14.1. The summed E-state index contributed by atoms with van der Waals surface area (Å²) in [5.41, 5.74) is 0.332. The quantitative estimate of drug-likeness (QED) is 0.772. The number of carbonyl (C=O) groups excluding carboxylic acids is 3. The first-order chi connectivity index (χ1) is 12.0. The van der Waals surface area contributed by atoms with Gasteiger partial charge in [-0.2, -0.15) is 0 Å². The fourth-order valence-electron chi connectivity index (χ4n) is 2.11. The van der Waals surface area contributed by atoms with Crippen LogP contribution in [0.1, 0.15) is 23.8 Å². The van der Waals surface area contributed by atoms with Gasteiger partial charge in [-0.3, -0.25) is 14.9 Å². The van der Waals surface area contributed by atoms with E-state index < -0.39 is 30.5 Å². The molecule has 1 aromatic carbocycles. The van der Waals surface area contributed by atoms with E-state index in [0.717, 1.165) is 0 Å². The number of hydrogen-bond acceptors (Lipinski definition) is 5. The number of para-hydroxylation sites is 1. The number of imide groups is 1. The maximum atomic E-state index is 12.0. The van der Waals surface area contributed by atoms with Gasteiger partial charge in [-0.1, -0.05) is 25.1 Å². The van der Waals surface area contributed by atoms with Crippen molar-refractivity contribution in [1.29, 1.82) is 0 Å². The highest BCUT2D eigenvalue weighted by molar-refractivity contribution is 6.04. The summed E-state index contributed by atoms with van der Waals surface area (Å²) < 4.78 is 12.1. The summed E-state index contributed by atoms with van der Waals surface area (Å²) in [6.45, 7) is 1.22. The van der Waals surface area contributed by atoms with Gasteiger partial charge in [-0.25, -0.2) is 4.79 Å².